The summed E-state index contributed by atoms with van der Waals surface area (Å²) in [5.74, 6) is 0.833. The number of pyridine rings is 1. The van der Waals surface area contributed by atoms with Crippen molar-refractivity contribution in [2.45, 2.75) is 19.4 Å². The van der Waals surface area contributed by atoms with Gasteiger partial charge in [0.05, 0.1) is 0 Å². The lowest BCUT2D eigenvalue weighted by Gasteiger charge is -2.11. The minimum absolute atomic E-state index is 0.0810. The molecular weight excluding hydrogens is 368 g/mol. The standard InChI is InChI=1S/C18H21ClN6O2/c1-25(2)7-3-4-14(26)11-5-6-12(13(19)8-11)10-27-15-9-16(20)21-18-17(15)22-24-23-18/h5-6,8-9H,3-4,7,10H2,1-2H3,(H3,20,21,22,23,24). The van der Waals surface area contributed by atoms with Crippen molar-refractivity contribution < 1.29 is 9.53 Å². The number of Topliss-reactive ketones (excluding diaryl/α,β-unsaturated/α-hetero) is 1. The zero-order valence-electron chi connectivity index (χ0n) is 15.2. The van der Waals surface area contributed by atoms with Gasteiger partial charge in [-0.1, -0.05) is 23.7 Å². The molecule has 2 aromatic heterocycles. The number of nitrogen functional groups attached to an aromatic ring is 1. The molecule has 8 nitrogen and oxygen atoms in total. The number of nitrogens with one attached hydrogen (secondary N) is 1. The Morgan fingerprint density at radius 2 is 2.11 bits per heavy atom. The number of fused-ring (bicyclic) bond motifs is 1. The number of benzene rings is 1. The van der Waals surface area contributed by atoms with Gasteiger partial charge in [-0.2, -0.15) is 10.3 Å². The number of rotatable bonds is 8. The molecule has 27 heavy (non-hydrogen) atoms. The number of hydrogen-bond donors (Lipinski definition) is 2. The SMILES string of the molecule is CN(C)CCCC(=O)c1ccc(COc2cc(N)nc3n[nH]nc23)c(Cl)c1. The summed E-state index contributed by atoms with van der Waals surface area (Å²) in [6, 6.07) is 6.84. The van der Waals surface area contributed by atoms with E-state index in [1.807, 2.05) is 14.1 Å². The van der Waals surface area contributed by atoms with Gasteiger partial charge in [0.1, 0.15) is 12.4 Å². The number of carbonyl (C=O) groups excluding carboxylic acids is 1. The number of ketones is 1. The van der Waals surface area contributed by atoms with Crippen molar-refractivity contribution in [1.29, 1.82) is 0 Å². The molecular formula is C18H21ClN6O2. The van der Waals surface area contributed by atoms with E-state index in [0.29, 0.717) is 33.9 Å². The van der Waals surface area contributed by atoms with Crippen molar-refractivity contribution in [1.82, 2.24) is 25.3 Å². The van der Waals surface area contributed by atoms with Gasteiger partial charge in [-0.15, -0.1) is 5.10 Å². The molecule has 0 spiro atoms. The van der Waals surface area contributed by atoms with Gasteiger partial charge in [-0.05, 0) is 33.1 Å². The topological polar surface area (TPSA) is 110 Å². The van der Waals surface area contributed by atoms with E-state index in [1.165, 1.54) is 0 Å². The minimum atomic E-state index is 0.0810. The van der Waals surface area contributed by atoms with E-state index >= 15 is 0 Å². The maximum absolute atomic E-state index is 12.3. The normalized spacial score (nSPS) is 11.3. The van der Waals surface area contributed by atoms with Crippen LogP contribution in [0.25, 0.3) is 11.2 Å². The first-order chi connectivity index (χ1) is 12.9. The van der Waals surface area contributed by atoms with Gasteiger partial charge in [0.15, 0.2) is 17.0 Å². The molecule has 0 bridgehead atoms. The van der Waals surface area contributed by atoms with Crippen LogP contribution in [0.15, 0.2) is 24.3 Å². The van der Waals surface area contributed by atoms with Gasteiger partial charge in [0, 0.05) is 28.6 Å². The van der Waals surface area contributed by atoms with Gasteiger partial charge >= 0.3 is 0 Å². The molecule has 0 aliphatic rings. The molecule has 3 aromatic rings. The Hall–Kier alpha value is -2.71. The Balaban J connectivity index is 1.67. The van der Waals surface area contributed by atoms with Crippen molar-refractivity contribution in [2.75, 3.05) is 26.4 Å². The Morgan fingerprint density at radius 3 is 2.85 bits per heavy atom. The van der Waals surface area contributed by atoms with Gasteiger partial charge in [-0.25, -0.2) is 4.98 Å². The molecule has 0 amide bonds. The number of nitrogens with two attached hydrogens (primary N) is 1. The Kier molecular flexibility index (Phi) is 5.88. The van der Waals surface area contributed by atoms with Crippen LogP contribution in [0.4, 0.5) is 5.82 Å². The molecule has 3 N–H and O–H groups in total. The molecule has 0 aliphatic heterocycles. The lowest BCUT2D eigenvalue weighted by Crippen LogP contribution is -2.14. The number of aromatic amines is 1. The van der Waals surface area contributed by atoms with Crippen LogP contribution in [0, 0.1) is 0 Å². The summed E-state index contributed by atoms with van der Waals surface area (Å²) in [7, 11) is 3.97. The van der Waals surface area contributed by atoms with Crippen LogP contribution in [0.1, 0.15) is 28.8 Å². The number of aromatic nitrogens is 4. The predicted octanol–water partition coefficient (Wildman–Crippen LogP) is 2.69. The Morgan fingerprint density at radius 1 is 1.30 bits per heavy atom. The van der Waals surface area contributed by atoms with E-state index in [9.17, 15) is 4.79 Å². The number of hydrogen-bond acceptors (Lipinski definition) is 7. The fourth-order valence-electron chi connectivity index (χ4n) is 2.63. The van der Waals surface area contributed by atoms with Crippen molar-refractivity contribution in [3.05, 3.63) is 40.4 Å². The largest absolute Gasteiger partial charge is 0.486 e. The molecule has 0 radical (unpaired) electrons. The quantitative estimate of drug-likeness (QED) is 0.571. The van der Waals surface area contributed by atoms with Crippen molar-refractivity contribution >= 4 is 34.4 Å². The average Bonchev–Trinajstić information content (AvgIpc) is 3.08. The molecule has 0 saturated carbocycles. The summed E-state index contributed by atoms with van der Waals surface area (Å²) >= 11 is 6.34. The lowest BCUT2D eigenvalue weighted by molar-refractivity contribution is 0.0977. The van der Waals surface area contributed by atoms with E-state index in [0.717, 1.165) is 18.5 Å². The zero-order chi connectivity index (χ0) is 19.4. The molecule has 0 fully saturated rings. The summed E-state index contributed by atoms with van der Waals surface area (Å²) in [4.78, 5) is 18.4. The third-order valence-electron chi connectivity index (χ3n) is 4.04. The third-order valence-corrected chi connectivity index (χ3v) is 4.40. The summed E-state index contributed by atoms with van der Waals surface area (Å²) in [6.07, 6.45) is 1.30. The maximum atomic E-state index is 12.3. The molecule has 0 aliphatic carbocycles. The average molecular weight is 389 g/mol. The van der Waals surface area contributed by atoms with E-state index in [4.69, 9.17) is 22.1 Å². The second-order valence-corrected chi connectivity index (χ2v) is 6.87. The van der Waals surface area contributed by atoms with Crippen LogP contribution in [0.3, 0.4) is 0 Å². The summed E-state index contributed by atoms with van der Waals surface area (Å²) in [6.45, 7) is 1.08. The highest BCUT2D eigenvalue weighted by atomic mass is 35.5. The highest BCUT2D eigenvalue weighted by Gasteiger charge is 2.12. The van der Waals surface area contributed by atoms with E-state index in [-0.39, 0.29) is 18.2 Å². The van der Waals surface area contributed by atoms with E-state index in [2.05, 4.69) is 25.3 Å². The van der Waals surface area contributed by atoms with Crippen LogP contribution in [0.2, 0.25) is 5.02 Å². The van der Waals surface area contributed by atoms with Crippen molar-refractivity contribution in [3.8, 4) is 5.75 Å². The molecule has 0 unspecified atom stereocenters. The van der Waals surface area contributed by atoms with Crippen molar-refractivity contribution in [2.24, 2.45) is 0 Å². The van der Waals surface area contributed by atoms with Gasteiger partial charge in [0.2, 0.25) is 5.65 Å². The van der Waals surface area contributed by atoms with Gasteiger partial charge in [0.25, 0.3) is 0 Å². The number of halogens is 1. The van der Waals surface area contributed by atoms with Crippen molar-refractivity contribution in [3.63, 3.8) is 0 Å². The molecule has 2 heterocycles. The Labute approximate surface area is 161 Å². The van der Waals surface area contributed by atoms with Gasteiger partial charge < -0.3 is 15.4 Å². The fraction of sp³-hybridized carbons (Fsp3) is 0.333. The Bertz CT molecular complexity index is 956. The summed E-state index contributed by atoms with van der Waals surface area (Å²) in [5.41, 5.74) is 8.00. The second kappa shape index (κ2) is 8.32. The number of ether oxygens (including phenoxy) is 1. The minimum Gasteiger partial charge on any atom is -0.486 e. The third kappa shape index (κ3) is 4.72. The van der Waals surface area contributed by atoms with Crippen LogP contribution in [0.5, 0.6) is 5.75 Å². The van der Waals surface area contributed by atoms with Crippen LogP contribution >= 0.6 is 11.6 Å². The molecule has 9 heteroatoms. The highest BCUT2D eigenvalue weighted by Crippen LogP contribution is 2.26. The summed E-state index contributed by atoms with van der Waals surface area (Å²) < 4.78 is 5.80. The number of nitrogens with zero attached hydrogens (tertiary/aromatic N) is 4. The molecule has 0 atom stereocenters. The fourth-order valence-corrected chi connectivity index (χ4v) is 2.86. The van der Waals surface area contributed by atoms with Gasteiger partial charge in [-0.3, -0.25) is 4.79 Å². The molecule has 1 aromatic carbocycles. The van der Waals surface area contributed by atoms with E-state index < -0.39 is 0 Å². The monoisotopic (exact) mass is 388 g/mol. The molecule has 0 saturated heterocycles. The highest BCUT2D eigenvalue weighted by molar-refractivity contribution is 6.31. The zero-order valence-corrected chi connectivity index (χ0v) is 16.0. The maximum Gasteiger partial charge on any atom is 0.207 e. The molecule has 142 valence electrons. The molecule has 3 rings (SSSR count). The first kappa shape index (κ1) is 19.1. The van der Waals surface area contributed by atoms with Crippen LogP contribution in [-0.4, -0.2) is 51.7 Å². The lowest BCUT2D eigenvalue weighted by atomic mass is 10.0. The summed E-state index contributed by atoms with van der Waals surface area (Å²) in [5, 5.41) is 10.9. The van der Waals surface area contributed by atoms with E-state index in [1.54, 1.807) is 24.3 Å². The first-order valence-corrected chi connectivity index (χ1v) is 8.88. The number of anilines is 1. The second-order valence-electron chi connectivity index (χ2n) is 6.47. The number of carbonyl (C=O) groups is 1. The predicted molar refractivity (Wildman–Crippen MR) is 104 cm³/mol. The number of H-pyrrole nitrogens is 1. The smallest absolute Gasteiger partial charge is 0.207 e. The van der Waals surface area contributed by atoms with Crippen LogP contribution in [-0.2, 0) is 6.61 Å². The van der Waals surface area contributed by atoms with Crippen LogP contribution < -0.4 is 10.5 Å². The first-order valence-electron chi connectivity index (χ1n) is 8.50.